The van der Waals surface area contributed by atoms with Crippen LogP contribution in [0.25, 0.3) is 0 Å². The van der Waals surface area contributed by atoms with Crippen molar-refractivity contribution in [1.29, 1.82) is 0 Å². The summed E-state index contributed by atoms with van der Waals surface area (Å²) in [5.41, 5.74) is 4.46. The van der Waals surface area contributed by atoms with Crippen molar-refractivity contribution in [3.63, 3.8) is 0 Å². The Morgan fingerprint density at radius 1 is 1.28 bits per heavy atom. The van der Waals surface area contributed by atoms with Crippen molar-refractivity contribution in [3.05, 3.63) is 49.0 Å². The number of likely N-dealkylation sites (tertiary alicyclic amines) is 1. The van der Waals surface area contributed by atoms with E-state index in [9.17, 15) is 4.79 Å². The van der Waals surface area contributed by atoms with Crippen LogP contribution in [0.4, 0.5) is 5.69 Å². The van der Waals surface area contributed by atoms with Crippen LogP contribution in [0.3, 0.4) is 0 Å². The summed E-state index contributed by atoms with van der Waals surface area (Å²) in [6.07, 6.45) is 4.00. The van der Waals surface area contributed by atoms with E-state index in [0.29, 0.717) is 26.8 Å². The maximum Gasteiger partial charge on any atom is 0.312 e. The number of amides is 1. The van der Waals surface area contributed by atoms with Crippen LogP contribution in [-0.2, 0) is 4.79 Å². The van der Waals surface area contributed by atoms with E-state index in [0.717, 1.165) is 41.0 Å². The summed E-state index contributed by atoms with van der Waals surface area (Å²) in [6, 6.07) is 7.33. The van der Waals surface area contributed by atoms with Gasteiger partial charge in [-0.25, -0.2) is 4.59 Å². The highest BCUT2D eigenvalue weighted by atomic mass is 79.9. The fourth-order valence-corrected chi connectivity index (χ4v) is 5.92. The highest BCUT2D eigenvalue weighted by Gasteiger charge is 2.37. The van der Waals surface area contributed by atoms with E-state index in [4.69, 9.17) is 28.3 Å². The Bertz CT molecular complexity index is 958. The number of benzene rings is 1. The lowest BCUT2D eigenvalue weighted by Gasteiger charge is -2.36. The first-order chi connectivity index (χ1) is 13.8. The molecule has 0 spiro atoms. The van der Waals surface area contributed by atoms with Gasteiger partial charge in [-0.1, -0.05) is 23.2 Å². The summed E-state index contributed by atoms with van der Waals surface area (Å²) in [6.45, 7) is 1.90. The van der Waals surface area contributed by atoms with Crippen molar-refractivity contribution in [2.45, 2.75) is 31.7 Å². The summed E-state index contributed by atoms with van der Waals surface area (Å²) in [4.78, 5) is 14.2. The third-order valence-electron chi connectivity index (χ3n) is 5.42. The number of carbonyl (C=O) groups is 1. The number of hydrazone groups is 1. The van der Waals surface area contributed by atoms with Gasteiger partial charge >= 0.3 is 5.91 Å². The fraction of sp³-hybridized carbons (Fsp3) is 0.400. The number of anilines is 1. The SMILES string of the molecule is C[N+]1(NC(=O)C2=NN(c3ccc(Cl)cc3Cl)C(c3cc(Br)cs3)C2)CCCCC1. The number of hydrogen-bond donors (Lipinski definition) is 1. The number of quaternary nitrogens is 1. The second-order valence-electron chi connectivity index (χ2n) is 7.72. The van der Waals surface area contributed by atoms with Gasteiger partial charge < -0.3 is 0 Å². The van der Waals surface area contributed by atoms with E-state index in [1.54, 1.807) is 23.5 Å². The molecule has 5 nitrogen and oxygen atoms in total. The molecule has 1 N–H and O–H groups in total. The molecular formula is C20H22BrCl2N4OS+. The van der Waals surface area contributed by atoms with Crippen LogP contribution in [0.2, 0.25) is 10.0 Å². The van der Waals surface area contributed by atoms with Crippen LogP contribution in [-0.4, -0.2) is 36.3 Å². The molecule has 1 unspecified atom stereocenters. The molecule has 2 aliphatic heterocycles. The van der Waals surface area contributed by atoms with Gasteiger partial charge in [-0.15, -0.1) is 11.3 Å². The minimum absolute atomic E-state index is 0.0858. The standard InChI is InChI=1S/C20H21BrCl2N4OS/c1-27(7-3-2-4-8-27)25-20(28)16-11-18(19-9-13(21)12-29-19)26(24-16)17-6-5-14(22)10-15(17)23/h5-6,9-10,12,18H,2-4,7-8,11H2,1H3/p+1. The van der Waals surface area contributed by atoms with Crippen molar-refractivity contribution >= 4 is 67.8 Å². The average molecular weight is 517 g/mol. The lowest BCUT2D eigenvalue weighted by molar-refractivity contribution is -0.947. The maximum absolute atomic E-state index is 13.1. The van der Waals surface area contributed by atoms with E-state index in [1.807, 2.05) is 16.5 Å². The topological polar surface area (TPSA) is 44.7 Å². The monoisotopic (exact) mass is 515 g/mol. The molecule has 1 atom stereocenters. The van der Waals surface area contributed by atoms with Gasteiger partial charge in [0.2, 0.25) is 0 Å². The Morgan fingerprint density at radius 3 is 2.69 bits per heavy atom. The van der Waals surface area contributed by atoms with Gasteiger partial charge in [-0.05, 0) is 59.5 Å². The first-order valence-electron chi connectivity index (χ1n) is 9.57. The van der Waals surface area contributed by atoms with Crippen molar-refractivity contribution in [2.24, 2.45) is 5.10 Å². The van der Waals surface area contributed by atoms with Crippen LogP contribution in [0.5, 0.6) is 0 Å². The van der Waals surface area contributed by atoms with Gasteiger partial charge in [0.05, 0.1) is 23.8 Å². The van der Waals surface area contributed by atoms with Gasteiger partial charge in [0, 0.05) is 26.2 Å². The van der Waals surface area contributed by atoms with E-state index < -0.39 is 0 Å². The smallest absolute Gasteiger partial charge is 0.263 e. The number of piperidine rings is 1. The normalized spacial score (nSPS) is 21.2. The molecule has 2 aromatic rings. The minimum atomic E-state index is -0.109. The Hall–Kier alpha value is -1.12. The lowest BCUT2D eigenvalue weighted by atomic mass is 10.1. The van der Waals surface area contributed by atoms with Gasteiger partial charge in [0.25, 0.3) is 0 Å². The molecule has 2 aliphatic rings. The molecule has 1 aromatic heterocycles. The second-order valence-corrected chi connectivity index (χ2v) is 10.4. The predicted octanol–water partition coefficient (Wildman–Crippen LogP) is 5.79. The maximum atomic E-state index is 13.1. The van der Waals surface area contributed by atoms with Crippen LogP contribution in [0, 0.1) is 0 Å². The zero-order chi connectivity index (χ0) is 20.6. The number of nitrogens with zero attached hydrogens (tertiary/aromatic N) is 3. The first-order valence-corrected chi connectivity index (χ1v) is 12.0. The Morgan fingerprint density at radius 2 is 2.03 bits per heavy atom. The number of halogens is 3. The average Bonchev–Trinajstić information content (AvgIpc) is 3.28. The molecule has 0 radical (unpaired) electrons. The summed E-state index contributed by atoms with van der Waals surface area (Å²) < 4.78 is 1.58. The molecule has 29 heavy (non-hydrogen) atoms. The highest BCUT2D eigenvalue weighted by molar-refractivity contribution is 9.10. The lowest BCUT2D eigenvalue weighted by Crippen LogP contribution is -2.60. The summed E-state index contributed by atoms with van der Waals surface area (Å²) in [5, 5.41) is 9.67. The molecule has 1 fully saturated rings. The largest absolute Gasteiger partial charge is 0.312 e. The second kappa shape index (κ2) is 8.55. The number of rotatable bonds is 4. The number of nitrogens with one attached hydrogen (secondary N) is 1. The zero-order valence-corrected chi connectivity index (χ0v) is 19.9. The number of carbonyl (C=O) groups excluding carboxylic acids is 1. The molecule has 9 heteroatoms. The molecule has 154 valence electrons. The van der Waals surface area contributed by atoms with Crippen LogP contribution in [0.1, 0.15) is 36.6 Å². The van der Waals surface area contributed by atoms with E-state index >= 15 is 0 Å². The highest BCUT2D eigenvalue weighted by Crippen LogP contribution is 2.42. The Kier molecular flexibility index (Phi) is 6.23. The van der Waals surface area contributed by atoms with Gasteiger partial charge in [0.1, 0.15) is 18.8 Å². The Labute approximate surface area is 193 Å². The first kappa shape index (κ1) is 21.1. The Balaban J connectivity index is 1.63. The van der Waals surface area contributed by atoms with Gasteiger partial charge in [0.15, 0.2) is 0 Å². The van der Waals surface area contributed by atoms with Crippen LogP contribution in [0.15, 0.2) is 39.2 Å². The van der Waals surface area contributed by atoms with Gasteiger partial charge in [-0.3, -0.25) is 9.80 Å². The summed E-state index contributed by atoms with van der Waals surface area (Å²) in [7, 11) is 2.08. The summed E-state index contributed by atoms with van der Waals surface area (Å²) >= 11 is 17.7. The predicted molar refractivity (Wildman–Crippen MR) is 124 cm³/mol. The number of thiophene rings is 1. The fourth-order valence-electron chi connectivity index (χ4n) is 3.89. The molecule has 1 amide bonds. The zero-order valence-electron chi connectivity index (χ0n) is 16.0. The quantitative estimate of drug-likeness (QED) is 0.523. The van der Waals surface area contributed by atoms with E-state index in [1.165, 1.54) is 6.42 Å². The third kappa shape index (κ3) is 4.64. The molecule has 0 bridgehead atoms. The molecule has 0 saturated carbocycles. The minimum Gasteiger partial charge on any atom is -0.263 e. The van der Waals surface area contributed by atoms with Crippen molar-refractivity contribution in [2.75, 3.05) is 25.1 Å². The van der Waals surface area contributed by atoms with Crippen molar-refractivity contribution < 1.29 is 9.39 Å². The van der Waals surface area contributed by atoms with Crippen LogP contribution < -0.4 is 10.4 Å². The van der Waals surface area contributed by atoms with Crippen molar-refractivity contribution in [1.82, 2.24) is 5.43 Å². The molecule has 1 aromatic carbocycles. The van der Waals surface area contributed by atoms with Crippen molar-refractivity contribution in [3.8, 4) is 0 Å². The van der Waals surface area contributed by atoms with E-state index in [2.05, 4.69) is 34.5 Å². The molecule has 1 saturated heterocycles. The number of hydrogen-bond acceptors (Lipinski definition) is 4. The molecule has 3 heterocycles. The van der Waals surface area contributed by atoms with Crippen LogP contribution >= 0.6 is 50.5 Å². The molecular weight excluding hydrogens is 495 g/mol. The van der Waals surface area contributed by atoms with E-state index in [-0.39, 0.29) is 11.9 Å². The van der Waals surface area contributed by atoms with Gasteiger partial charge in [-0.2, -0.15) is 10.5 Å². The third-order valence-corrected chi connectivity index (χ3v) is 7.75. The molecule has 0 aliphatic carbocycles. The molecule has 4 rings (SSSR count). The summed E-state index contributed by atoms with van der Waals surface area (Å²) in [5.74, 6) is -0.109.